The van der Waals surface area contributed by atoms with E-state index >= 15 is 0 Å². The summed E-state index contributed by atoms with van der Waals surface area (Å²) in [5.41, 5.74) is 0. The summed E-state index contributed by atoms with van der Waals surface area (Å²) in [6.07, 6.45) is 2.77. The normalized spacial score (nSPS) is 9.70. The highest BCUT2D eigenvalue weighted by Crippen LogP contribution is 1.84. The molecule has 0 spiro atoms. The van der Waals surface area contributed by atoms with E-state index in [0.29, 0.717) is 13.2 Å². The molecule has 0 radical (unpaired) electrons. The van der Waals surface area contributed by atoms with E-state index < -0.39 is 0 Å². The second-order valence-corrected chi connectivity index (χ2v) is 1.95. The SMILES string of the molecule is NOCCCCNCC=O. The number of nitrogens with two attached hydrogens (primary N) is 1. The smallest absolute Gasteiger partial charge is 0.133 e. The summed E-state index contributed by atoms with van der Waals surface area (Å²) >= 11 is 0. The van der Waals surface area contributed by atoms with Crippen molar-refractivity contribution in [1.82, 2.24) is 5.32 Å². The van der Waals surface area contributed by atoms with Gasteiger partial charge in [0.25, 0.3) is 0 Å². The lowest BCUT2D eigenvalue weighted by atomic mass is 10.3. The second kappa shape index (κ2) is 8.55. The third-order valence-electron chi connectivity index (χ3n) is 1.09. The molecule has 0 aromatic rings. The van der Waals surface area contributed by atoms with Crippen LogP contribution >= 0.6 is 0 Å². The molecule has 0 saturated carbocycles. The average Bonchev–Trinajstić information content (AvgIpc) is 1.97. The Morgan fingerprint density at radius 2 is 2.30 bits per heavy atom. The highest BCUT2D eigenvalue weighted by molar-refractivity contribution is 5.51. The van der Waals surface area contributed by atoms with E-state index in [0.717, 1.165) is 25.7 Å². The number of carbonyl (C=O) groups excluding carboxylic acids is 1. The van der Waals surface area contributed by atoms with Crippen molar-refractivity contribution in [3.05, 3.63) is 0 Å². The van der Waals surface area contributed by atoms with Gasteiger partial charge in [-0.05, 0) is 19.4 Å². The molecule has 10 heavy (non-hydrogen) atoms. The first kappa shape index (κ1) is 9.55. The standard InChI is InChI=1S/C6H14N2O2/c7-10-6-2-1-3-8-4-5-9/h5,8H,1-4,6-7H2. The molecule has 0 aliphatic heterocycles. The fourth-order valence-electron chi connectivity index (χ4n) is 0.596. The van der Waals surface area contributed by atoms with Crippen molar-refractivity contribution >= 4 is 6.29 Å². The Kier molecular flexibility index (Phi) is 8.17. The fraction of sp³-hybridized carbons (Fsp3) is 0.833. The van der Waals surface area contributed by atoms with Crippen molar-refractivity contribution in [1.29, 1.82) is 0 Å². The van der Waals surface area contributed by atoms with Crippen molar-refractivity contribution in [3.63, 3.8) is 0 Å². The number of carbonyl (C=O) groups is 1. The lowest BCUT2D eigenvalue weighted by molar-refractivity contribution is -0.107. The Morgan fingerprint density at radius 3 is 2.90 bits per heavy atom. The number of aldehydes is 1. The number of hydrogen-bond donors (Lipinski definition) is 2. The summed E-state index contributed by atoms with van der Waals surface area (Å²) in [4.78, 5) is 14.1. The fourth-order valence-corrected chi connectivity index (χ4v) is 0.596. The number of hydrogen-bond acceptors (Lipinski definition) is 4. The van der Waals surface area contributed by atoms with E-state index in [1.54, 1.807) is 0 Å². The van der Waals surface area contributed by atoms with Crippen LogP contribution in [-0.4, -0.2) is 26.0 Å². The van der Waals surface area contributed by atoms with Crippen molar-refractivity contribution in [3.8, 4) is 0 Å². The van der Waals surface area contributed by atoms with Crippen LogP contribution in [0.25, 0.3) is 0 Å². The zero-order valence-corrected chi connectivity index (χ0v) is 6.01. The molecule has 0 aromatic heterocycles. The molecular formula is C6H14N2O2. The average molecular weight is 146 g/mol. The molecule has 0 aliphatic carbocycles. The van der Waals surface area contributed by atoms with Gasteiger partial charge in [-0.15, -0.1) is 0 Å². The van der Waals surface area contributed by atoms with Gasteiger partial charge in [0, 0.05) is 0 Å². The van der Waals surface area contributed by atoms with Gasteiger partial charge in [-0.1, -0.05) is 0 Å². The van der Waals surface area contributed by atoms with Gasteiger partial charge >= 0.3 is 0 Å². The molecular weight excluding hydrogens is 132 g/mol. The highest BCUT2D eigenvalue weighted by Gasteiger charge is 1.86. The first-order valence-electron chi connectivity index (χ1n) is 3.38. The van der Waals surface area contributed by atoms with Gasteiger partial charge in [-0.3, -0.25) is 0 Å². The van der Waals surface area contributed by atoms with Gasteiger partial charge in [0.1, 0.15) is 6.29 Å². The van der Waals surface area contributed by atoms with E-state index in [2.05, 4.69) is 10.2 Å². The first-order valence-corrected chi connectivity index (χ1v) is 3.38. The van der Waals surface area contributed by atoms with Crippen LogP contribution < -0.4 is 11.2 Å². The minimum atomic E-state index is 0.434. The second-order valence-electron chi connectivity index (χ2n) is 1.95. The van der Waals surface area contributed by atoms with Gasteiger partial charge in [0.15, 0.2) is 0 Å². The number of rotatable bonds is 7. The topological polar surface area (TPSA) is 64.3 Å². The summed E-state index contributed by atoms with van der Waals surface area (Å²) in [7, 11) is 0. The monoisotopic (exact) mass is 146 g/mol. The van der Waals surface area contributed by atoms with E-state index in [9.17, 15) is 4.79 Å². The minimum Gasteiger partial charge on any atom is -0.310 e. The van der Waals surface area contributed by atoms with Crippen molar-refractivity contribution in [2.75, 3.05) is 19.7 Å². The maximum Gasteiger partial charge on any atom is 0.133 e. The maximum atomic E-state index is 9.79. The molecule has 0 aliphatic rings. The summed E-state index contributed by atoms with van der Waals surface area (Å²) in [6.45, 7) is 1.87. The van der Waals surface area contributed by atoms with Gasteiger partial charge in [-0.25, -0.2) is 5.90 Å². The Labute approximate surface area is 60.7 Å². The van der Waals surface area contributed by atoms with Crippen LogP contribution in [0.15, 0.2) is 0 Å². The molecule has 4 nitrogen and oxygen atoms in total. The molecule has 0 bridgehead atoms. The largest absolute Gasteiger partial charge is 0.310 e. The third-order valence-corrected chi connectivity index (χ3v) is 1.09. The zero-order valence-electron chi connectivity index (χ0n) is 6.01. The van der Waals surface area contributed by atoms with E-state index in [1.807, 2.05) is 0 Å². The molecule has 4 heteroatoms. The third kappa shape index (κ3) is 7.55. The summed E-state index contributed by atoms with van der Waals surface area (Å²) in [5.74, 6) is 4.79. The molecule has 0 amide bonds. The molecule has 0 unspecified atom stereocenters. The van der Waals surface area contributed by atoms with Crippen LogP contribution in [-0.2, 0) is 9.63 Å². The van der Waals surface area contributed by atoms with Crippen LogP contribution in [0.1, 0.15) is 12.8 Å². The first-order chi connectivity index (χ1) is 4.91. The van der Waals surface area contributed by atoms with Crippen LogP contribution in [0.3, 0.4) is 0 Å². The van der Waals surface area contributed by atoms with E-state index in [4.69, 9.17) is 5.90 Å². The molecule has 0 saturated heterocycles. The molecule has 0 heterocycles. The Morgan fingerprint density at radius 1 is 1.50 bits per heavy atom. The highest BCUT2D eigenvalue weighted by atomic mass is 16.6. The zero-order chi connectivity index (χ0) is 7.66. The quantitative estimate of drug-likeness (QED) is 0.287. The van der Waals surface area contributed by atoms with Crippen LogP contribution in [0.4, 0.5) is 0 Å². The van der Waals surface area contributed by atoms with Crippen LogP contribution in [0.2, 0.25) is 0 Å². The molecule has 60 valence electrons. The van der Waals surface area contributed by atoms with Crippen molar-refractivity contribution in [2.45, 2.75) is 12.8 Å². The summed E-state index contributed by atoms with van der Waals surface area (Å²) < 4.78 is 0. The lowest BCUT2D eigenvalue weighted by Gasteiger charge is -1.98. The van der Waals surface area contributed by atoms with Gasteiger partial charge in [-0.2, -0.15) is 0 Å². The maximum absolute atomic E-state index is 9.79. The van der Waals surface area contributed by atoms with Crippen molar-refractivity contribution < 1.29 is 9.63 Å². The molecule has 3 N–H and O–H groups in total. The Bertz CT molecular complexity index is 78.1. The minimum absolute atomic E-state index is 0.434. The lowest BCUT2D eigenvalue weighted by Crippen LogP contribution is -2.18. The number of nitrogens with one attached hydrogen (secondary N) is 1. The molecule has 0 aromatic carbocycles. The number of unbranched alkanes of at least 4 members (excludes halogenated alkanes) is 1. The van der Waals surface area contributed by atoms with Gasteiger partial charge in [0.05, 0.1) is 13.2 Å². The summed E-state index contributed by atoms with van der Waals surface area (Å²) in [5, 5.41) is 2.93. The Balaban J connectivity index is 2.70. The molecule has 0 fully saturated rings. The molecule has 0 atom stereocenters. The molecule has 0 rings (SSSR count). The summed E-state index contributed by atoms with van der Waals surface area (Å²) in [6, 6.07) is 0. The van der Waals surface area contributed by atoms with Crippen LogP contribution in [0.5, 0.6) is 0 Å². The van der Waals surface area contributed by atoms with E-state index in [1.165, 1.54) is 0 Å². The van der Waals surface area contributed by atoms with Gasteiger partial charge < -0.3 is 14.9 Å². The Hall–Kier alpha value is -0.450. The van der Waals surface area contributed by atoms with Crippen molar-refractivity contribution in [2.24, 2.45) is 5.90 Å². The van der Waals surface area contributed by atoms with Crippen LogP contribution in [0, 0.1) is 0 Å². The van der Waals surface area contributed by atoms with E-state index in [-0.39, 0.29) is 0 Å². The van der Waals surface area contributed by atoms with Gasteiger partial charge in [0.2, 0.25) is 0 Å². The predicted molar refractivity (Wildman–Crippen MR) is 38.3 cm³/mol. The predicted octanol–water partition coefficient (Wildman–Crippen LogP) is -0.555.